The van der Waals surface area contributed by atoms with E-state index in [2.05, 4.69) is 15.5 Å². The number of alkyl halides is 1. The van der Waals surface area contributed by atoms with Crippen molar-refractivity contribution in [3.8, 4) is 0 Å². The predicted molar refractivity (Wildman–Crippen MR) is 55.4 cm³/mol. The first kappa shape index (κ1) is 11.0. The maximum atomic E-state index is 11.4. The molecule has 2 N–H and O–H groups in total. The molecule has 0 saturated heterocycles. The van der Waals surface area contributed by atoms with Gasteiger partial charge in [-0.15, -0.1) is 11.6 Å². The molecule has 1 aromatic rings. The van der Waals surface area contributed by atoms with Crippen LogP contribution < -0.4 is 5.32 Å². The molecule has 0 bridgehead atoms. The van der Waals surface area contributed by atoms with Crippen LogP contribution in [0.1, 0.15) is 24.3 Å². The number of H-pyrrole nitrogens is 1. The monoisotopic (exact) mass is 215 g/mol. The van der Waals surface area contributed by atoms with E-state index >= 15 is 0 Å². The number of halogens is 1. The third kappa shape index (κ3) is 3.03. The average Bonchev–Trinajstić information content (AvgIpc) is 2.67. The molecule has 14 heavy (non-hydrogen) atoms. The summed E-state index contributed by atoms with van der Waals surface area (Å²) in [5.74, 6) is 0.358. The van der Waals surface area contributed by atoms with E-state index in [4.69, 9.17) is 11.6 Å². The van der Waals surface area contributed by atoms with E-state index in [0.717, 1.165) is 0 Å². The van der Waals surface area contributed by atoms with Crippen molar-refractivity contribution in [2.75, 3.05) is 12.4 Å². The molecule has 0 fully saturated rings. The van der Waals surface area contributed by atoms with Crippen LogP contribution in [0, 0.1) is 5.41 Å². The third-order valence-electron chi connectivity index (χ3n) is 1.83. The zero-order valence-corrected chi connectivity index (χ0v) is 9.06. The number of amides is 1. The summed E-state index contributed by atoms with van der Waals surface area (Å²) in [7, 11) is 0. The molecule has 1 aromatic heterocycles. The van der Waals surface area contributed by atoms with Crippen molar-refractivity contribution in [3.05, 3.63) is 18.0 Å². The summed E-state index contributed by atoms with van der Waals surface area (Å²) in [6, 6.07) is 1.63. The average molecular weight is 216 g/mol. The molecule has 1 rings (SSSR count). The van der Waals surface area contributed by atoms with Gasteiger partial charge in [0.2, 0.25) is 0 Å². The van der Waals surface area contributed by atoms with Gasteiger partial charge >= 0.3 is 0 Å². The molecule has 5 heteroatoms. The van der Waals surface area contributed by atoms with Gasteiger partial charge in [-0.3, -0.25) is 9.89 Å². The summed E-state index contributed by atoms with van der Waals surface area (Å²) in [6.07, 6.45) is 1.54. The van der Waals surface area contributed by atoms with Crippen LogP contribution in [0.3, 0.4) is 0 Å². The van der Waals surface area contributed by atoms with Gasteiger partial charge in [-0.1, -0.05) is 13.8 Å². The normalized spacial score (nSPS) is 11.4. The fraction of sp³-hybridized carbons (Fsp3) is 0.556. The van der Waals surface area contributed by atoms with Gasteiger partial charge in [-0.25, -0.2) is 0 Å². The summed E-state index contributed by atoms with van der Waals surface area (Å²) in [5, 5.41) is 9.07. The van der Waals surface area contributed by atoms with Crippen molar-refractivity contribution in [2.24, 2.45) is 5.41 Å². The van der Waals surface area contributed by atoms with Crippen LogP contribution in [0.4, 0.5) is 0 Å². The van der Waals surface area contributed by atoms with Gasteiger partial charge in [0.15, 0.2) is 0 Å². The summed E-state index contributed by atoms with van der Waals surface area (Å²) < 4.78 is 0. The number of hydrogen-bond donors (Lipinski definition) is 2. The minimum Gasteiger partial charge on any atom is -0.350 e. The van der Waals surface area contributed by atoms with Crippen molar-refractivity contribution in [2.45, 2.75) is 13.8 Å². The Bertz CT molecular complexity index is 295. The number of hydrogen-bond acceptors (Lipinski definition) is 2. The van der Waals surface area contributed by atoms with Gasteiger partial charge in [-0.2, -0.15) is 5.10 Å². The Balaban J connectivity index is 2.43. The zero-order valence-electron chi connectivity index (χ0n) is 8.30. The smallest absolute Gasteiger partial charge is 0.269 e. The van der Waals surface area contributed by atoms with E-state index in [1.807, 2.05) is 13.8 Å². The van der Waals surface area contributed by atoms with E-state index in [0.29, 0.717) is 18.1 Å². The lowest BCUT2D eigenvalue weighted by Gasteiger charge is -2.21. The molecule has 78 valence electrons. The van der Waals surface area contributed by atoms with Crippen molar-refractivity contribution in [1.82, 2.24) is 15.5 Å². The predicted octanol–water partition coefficient (Wildman–Crippen LogP) is 1.40. The lowest BCUT2D eigenvalue weighted by molar-refractivity contribution is 0.0935. The van der Waals surface area contributed by atoms with Crippen LogP contribution in [0.5, 0.6) is 0 Å². The zero-order chi connectivity index (χ0) is 10.6. The summed E-state index contributed by atoms with van der Waals surface area (Å²) >= 11 is 5.73. The quantitative estimate of drug-likeness (QED) is 0.747. The highest BCUT2D eigenvalue weighted by Gasteiger charge is 2.18. The van der Waals surface area contributed by atoms with Crippen molar-refractivity contribution in [1.29, 1.82) is 0 Å². The Morgan fingerprint density at radius 1 is 1.71 bits per heavy atom. The molecule has 0 aliphatic carbocycles. The maximum absolute atomic E-state index is 11.4. The molecule has 0 aliphatic heterocycles. The molecule has 0 saturated carbocycles. The number of rotatable bonds is 4. The van der Waals surface area contributed by atoms with Gasteiger partial charge in [0.25, 0.3) is 5.91 Å². The van der Waals surface area contributed by atoms with Crippen molar-refractivity contribution >= 4 is 17.5 Å². The Hall–Kier alpha value is -1.03. The van der Waals surface area contributed by atoms with E-state index in [1.165, 1.54) is 0 Å². The maximum Gasteiger partial charge on any atom is 0.269 e. The van der Waals surface area contributed by atoms with E-state index < -0.39 is 0 Å². The second-order valence-corrected chi connectivity index (χ2v) is 4.22. The Kier molecular flexibility index (Phi) is 3.52. The summed E-state index contributed by atoms with van der Waals surface area (Å²) in [4.78, 5) is 11.4. The molecule has 1 amide bonds. The van der Waals surface area contributed by atoms with Crippen LogP contribution in [0.15, 0.2) is 12.3 Å². The first-order valence-electron chi connectivity index (χ1n) is 4.39. The van der Waals surface area contributed by atoms with Gasteiger partial charge in [-0.05, 0) is 11.5 Å². The SMILES string of the molecule is CC(C)(CCl)CNC(=O)c1ccn[nH]1. The third-order valence-corrected chi connectivity index (χ3v) is 2.56. The number of carbonyl (C=O) groups excluding carboxylic acids is 1. The number of nitrogens with one attached hydrogen (secondary N) is 2. The Labute approximate surface area is 88.0 Å². The first-order valence-corrected chi connectivity index (χ1v) is 4.92. The highest BCUT2D eigenvalue weighted by molar-refractivity contribution is 6.18. The van der Waals surface area contributed by atoms with E-state index in [9.17, 15) is 4.79 Å². The van der Waals surface area contributed by atoms with E-state index in [1.54, 1.807) is 12.3 Å². The minimum absolute atomic E-state index is 0.0861. The molecule has 0 unspecified atom stereocenters. The molecule has 0 aliphatic rings. The fourth-order valence-corrected chi connectivity index (χ4v) is 0.939. The van der Waals surface area contributed by atoms with Crippen LogP contribution in [-0.2, 0) is 0 Å². The van der Waals surface area contributed by atoms with Crippen LogP contribution in [-0.4, -0.2) is 28.5 Å². The number of nitrogens with zero attached hydrogens (tertiary/aromatic N) is 1. The van der Waals surface area contributed by atoms with Gasteiger partial charge in [0.05, 0.1) is 0 Å². The highest BCUT2D eigenvalue weighted by atomic mass is 35.5. The van der Waals surface area contributed by atoms with Crippen LogP contribution in [0.25, 0.3) is 0 Å². The van der Waals surface area contributed by atoms with Crippen molar-refractivity contribution in [3.63, 3.8) is 0 Å². The largest absolute Gasteiger partial charge is 0.350 e. The number of aromatic nitrogens is 2. The van der Waals surface area contributed by atoms with Gasteiger partial charge < -0.3 is 5.32 Å². The molecule has 0 spiro atoms. The molecule has 0 atom stereocenters. The number of carbonyl (C=O) groups is 1. The van der Waals surface area contributed by atoms with Gasteiger partial charge in [0, 0.05) is 18.6 Å². The van der Waals surface area contributed by atoms with Gasteiger partial charge in [0.1, 0.15) is 5.69 Å². The molecule has 0 radical (unpaired) electrons. The van der Waals surface area contributed by atoms with Crippen molar-refractivity contribution < 1.29 is 4.79 Å². The molecular weight excluding hydrogens is 202 g/mol. The van der Waals surface area contributed by atoms with Crippen LogP contribution in [0.2, 0.25) is 0 Å². The second kappa shape index (κ2) is 4.46. The molecule has 1 heterocycles. The topological polar surface area (TPSA) is 57.8 Å². The molecular formula is C9H14ClN3O. The Morgan fingerprint density at radius 3 is 2.93 bits per heavy atom. The van der Waals surface area contributed by atoms with E-state index in [-0.39, 0.29) is 11.3 Å². The standard InChI is InChI=1S/C9H14ClN3O/c1-9(2,5-10)6-11-8(14)7-3-4-12-13-7/h3-4H,5-6H2,1-2H3,(H,11,14)(H,12,13). The highest BCUT2D eigenvalue weighted by Crippen LogP contribution is 2.15. The second-order valence-electron chi connectivity index (χ2n) is 3.95. The minimum atomic E-state index is -0.152. The lowest BCUT2D eigenvalue weighted by Crippen LogP contribution is -2.35. The summed E-state index contributed by atoms with van der Waals surface area (Å²) in [6.45, 7) is 4.54. The summed E-state index contributed by atoms with van der Waals surface area (Å²) in [5.41, 5.74) is 0.382. The Morgan fingerprint density at radius 2 is 2.43 bits per heavy atom. The molecule has 4 nitrogen and oxygen atoms in total. The lowest BCUT2D eigenvalue weighted by atomic mass is 9.96. The van der Waals surface area contributed by atoms with Crippen LogP contribution >= 0.6 is 11.6 Å². The first-order chi connectivity index (χ1) is 6.55. The molecule has 0 aromatic carbocycles. The fourth-order valence-electron chi connectivity index (χ4n) is 0.844. The number of aromatic amines is 1.